The van der Waals surface area contributed by atoms with Gasteiger partial charge in [0.15, 0.2) is 5.82 Å². The highest BCUT2D eigenvalue weighted by atomic mass is 32.2. The van der Waals surface area contributed by atoms with E-state index in [2.05, 4.69) is 10.4 Å². The largest absolute Gasteiger partial charge is 0.416 e. The van der Waals surface area contributed by atoms with Crippen LogP contribution < -0.4 is 16.8 Å². The van der Waals surface area contributed by atoms with Gasteiger partial charge in [-0.05, 0) is 36.4 Å². The summed E-state index contributed by atoms with van der Waals surface area (Å²) < 4.78 is 39.6. The molecule has 2 unspecified atom stereocenters. The van der Waals surface area contributed by atoms with Crippen LogP contribution in [-0.2, 0) is 6.18 Å². The fourth-order valence-electron chi connectivity index (χ4n) is 2.79. The van der Waals surface area contributed by atoms with Crippen molar-refractivity contribution >= 4 is 29.2 Å². The second-order valence-corrected chi connectivity index (χ2v) is 7.18. The molecule has 0 saturated carbocycles. The van der Waals surface area contributed by atoms with Gasteiger partial charge in [0.25, 0.3) is 5.91 Å². The van der Waals surface area contributed by atoms with Crippen LogP contribution >= 0.6 is 11.8 Å². The zero-order chi connectivity index (χ0) is 18.9. The Labute approximate surface area is 152 Å². The summed E-state index contributed by atoms with van der Waals surface area (Å²) in [6.07, 6.45) is -2.06. The smallest absolute Gasteiger partial charge is 0.365 e. The van der Waals surface area contributed by atoms with Crippen LogP contribution in [0, 0.1) is 0 Å². The zero-order valence-electron chi connectivity index (χ0n) is 13.7. The van der Waals surface area contributed by atoms with Gasteiger partial charge in [0.2, 0.25) is 0 Å². The van der Waals surface area contributed by atoms with Crippen LogP contribution in [0.1, 0.15) is 28.4 Å². The molecule has 26 heavy (non-hydrogen) atoms. The van der Waals surface area contributed by atoms with E-state index in [1.165, 1.54) is 18.3 Å². The first-order chi connectivity index (χ1) is 12.3. The molecule has 10 heteroatoms. The Morgan fingerprint density at radius 3 is 2.58 bits per heavy atom. The molecule has 2 heterocycles. The molecule has 1 amide bonds. The number of benzene rings is 1. The quantitative estimate of drug-likeness (QED) is 0.752. The van der Waals surface area contributed by atoms with Crippen LogP contribution in [0.5, 0.6) is 0 Å². The first-order valence-electron chi connectivity index (χ1n) is 7.92. The number of thioether (sulfide) groups is 1. The predicted molar refractivity (Wildman–Crippen MR) is 94.4 cm³/mol. The summed E-state index contributed by atoms with van der Waals surface area (Å²) in [6, 6.07) is 4.30. The second kappa shape index (κ2) is 7.20. The maximum Gasteiger partial charge on any atom is 0.416 e. The number of carbonyl (C=O) groups excluding carboxylic acids is 1. The Kier molecular flexibility index (Phi) is 5.15. The molecule has 0 radical (unpaired) electrons. The molecule has 1 aliphatic heterocycles. The van der Waals surface area contributed by atoms with Gasteiger partial charge in [-0.25, -0.2) is 0 Å². The predicted octanol–water partition coefficient (Wildman–Crippen LogP) is 2.75. The Morgan fingerprint density at radius 1 is 1.31 bits per heavy atom. The van der Waals surface area contributed by atoms with Crippen molar-refractivity contribution in [2.45, 2.75) is 24.7 Å². The van der Waals surface area contributed by atoms with Gasteiger partial charge in [-0.15, -0.1) is 0 Å². The van der Waals surface area contributed by atoms with Gasteiger partial charge < -0.3 is 16.8 Å². The lowest BCUT2D eigenvalue weighted by atomic mass is 10.1. The summed E-state index contributed by atoms with van der Waals surface area (Å²) in [6.45, 7) is 0. The van der Waals surface area contributed by atoms with E-state index in [4.69, 9.17) is 11.5 Å². The van der Waals surface area contributed by atoms with Crippen molar-refractivity contribution < 1.29 is 18.0 Å². The van der Waals surface area contributed by atoms with Gasteiger partial charge in [-0.1, -0.05) is 0 Å². The number of primary amides is 1. The van der Waals surface area contributed by atoms with E-state index < -0.39 is 17.6 Å². The summed E-state index contributed by atoms with van der Waals surface area (Å²) in [5, 5.41) is 7.23. The molecule has 3 rings (SSSR count). The summed E-state index contributed by atoms with van der Waals surface area (Å²) in [5.41, 5.74) is 11.3. The van der Waals surface area contributed by atoms with Gasteiger partial charge >= 0.3 is 6.18 Å². The number of rotatable bonds is 4. The first-order valence-corrected chi connectivity index (χ1v) is 9.08. The van der Waals surface area contributed by atoms with Gasteiger partial charge in [0.1, 0.15) is 5.56 Å². The standard InChI is InChI=1S/C16H18F3N5OS/c17-16(18,19)9-1-3-10(4-2-9)22-15-11(14(21)25)7-24(23-15)13-5-6-26-8-12(13)20/h1-4,7,12-13H,5-6,8,20H2,(H2,21,25)(H,22,23). The third-order valence-electron chi connectivity index (χ3n) is 4.17. The molecule has 1 saturated heterocycles. The van der Waals surface area contributed by atoms with E-state index in [-0.39, 0.29) is 23.5 Å². The minimum absolute atomic E-state index is 0.0579. The number of hydrogen-bond acceptors (Lipinski definition) is 5. The average Bonchev–Trinajstić information content (AvgIpc) is 2.99. The molecule has 0 bridgehead atoms. The number of nitrogens with two attached hydrogens (primary N) is 2. The molecule has 1 aromatic carbocycles. The highest BCUT2D eigenvalue weighted by Gasteiger charge is 2.30. The highest BCUT2D eigenvalue weighted by molar-refractivity contribution is 7.99. The van der Waals surface area contributed by atoms with Crippen LogP contribution in [0.4, 0.5) is 24.7 Å². The Balaban J connectivity index is 1.86. The topological polar surface area (TPSA) is 99.0 Å². The molecule has 5 N–H and O–H groups in total. The van der Waals surface area contributed by atoms with Crippen molar-refractivity contribution in [3.8, 4) is 0 Å². The van der Waals surface area contributed by atoms with Gasteiger partial charge in [0, 0.05) is 23.7 Å². The van der Waals surface area contributed by atoms with E-state index in [0.717, 1.165) is 30.1 Å². The van der Waals surface area contributed by atoms with E-state index in [9.17, 15) is 18.0 Å². The maximum atomic E-state index is 12.7. The first kappa shape index (κ1) is 18.6. The van der Waals surface area contributed by atoms with Gasteiger partial charge in [-0.3, -0.25) is 9.48 Å². The van der Waals surface area contributed by atoms with E-state index in [0.29, 0.717) is 5.69 Å². The molecule has 0 spiro atoms. The molecular formula is C16H18F3N5OS. The third-order valence-corrected chi connectivity index (χ3v) is 5.32. The molecule has 140 valence electrons. The van der Waals surface area contributed by atoms with Crippen molar-refractivity contribution in [2.24, 2.45) is 11.5 Å². The van der Waals surface area contributed by atoms with Crippen molar-refractivity contribution in [3.63, 3.8) is 0 Å². The van der Waals surface area contributed by atoms with E-state index in [1.807, 2.05) is 0 Å². The normalized spacial score (nSPS) is 20.8. The fourth-order valence-corrected chi connectivity index (χ4v) is 3.86. The summed E-state index contributed by atoms with van der Waals surface area (Å²) in [7, 11) is 0. The number of halogens is 3. The number of anilines is 2. The molecule has 1 aromatic heterocycles. The lowest BCUT2D eigenvalue weighted by Gasteiger charge is -2.28. The number of alkyl halides is 3. The Hall–Kier alpha value is -2.20. The number of nitrogens with one attached hydrogen (secondary N) is 1. The number of aromatic nitrogens is 2. The van der Waals surface area contributed by atoms with Gasteiger partial charge in [0.05, 0.1) is 11.6 Å². The van der Waals surface area contributed by atoms with Crippen molar-refractivity contribution in [1.29, 1.82) is 0 Å². The maximum absolute atomic E-state index is 12.7. The molecule has 2 aromatic rings. The lowest BCUT2D eigenvalue weighted by molar-refractivity contribution is -0.137. The number of nitrogens with zero attached hydrogens (tertiary/aromatic N) is 2. The number of amides is 1. The number of carbonyl (C=O) groups is 1. The van der Waals surface area contributed by atoms with Crippen molar-refractivity contribution in [3.05, 3.63) is 41.6 Å². The van der Waals surface area contributed by atoms with Crippen LogP contribution in [0.2, 0.25) is 0 Å². The van der Waals surface area contributed by atoms with Crippen LogP contribution in [-0.4, -0.2) is 33.2 Å². The van der Waals surface area contributed by atoms with E-state index >= 15 is 0 Å². The van der Waals surface area contributed by atoms with Crippen LogP contribution in [0.15, 0.2) is 30.5 Å². The third kappa shape index (κ3) is 3.96. The molecule has 2 atom stereocenters. The second-order valence-electron chi connectivity index (χ2n) is 6.03. The molecular weight excluding hydrogens is 367 g/mol. The fraction of sp³-hybridized carbons (Fsp3) is 0.375. The van der Waals surface area contributed by atoms with Gasteiger partial charge in [-0.2, -0.15) is 30.0 Å². The monoisotopic (exact) mass is 385 g/mol. The summed E-state index contributed by atoms with van der Waals surface area (Å²) in [5.74, 6) is 1.25. The van der Waals surface area contributed by atoms with E-state index in [1.54, 1.807) is 16.4 Å². The average molecular weight is 385 g/mol. The minimum Gasteiger partial charge on any atom is -0.365 e. The number of hydrogen-bond donors (Lipinski definition) is 3. The van der Waals surface area contributed by atoms with Crippen LogP contribution in [0.3, 0.4) is 0 Å². The molecule has 6 nitrogen and oxygen atoms in total. The molecule has 0 aliphatic carbocycles. The molecule has 1 fully saturated rings. The van der Waals surface area contributed by atoms with Crippen molar-refractivity contribution in [1.82, 2.24) is 9.78 Å². The highest BCUT2D eigenvalue weighted by Crippen LogP contribution is 2.31. The van der Waals surface area contributed by atoms with Crippen molar-refractivity contribution in [2.75, 3.05) is 16.8 Å². The molecule has 1 aliphatic rings. The SMILES string of the molecule is NC(=O)c1cn(C2CCSCC2N)nc1Nc1ccc(C(F)(F)F)cc1. The zero-order valence-corrected chi connectivity index (χ0v) is 14.5. The summed E-state index contributed by atoms with van der Waals surface area (Å²) >= 11 is 1.76. The van der Waals surface area contributed by atoms with Crippen LogP contribution in [0.25, 0.3) is 0 Å². The minimum atomic E-state index is -4.41. The Morgan fingerprint density at radius 2 is 2.00 bits per heavy atom. The summed E-state index contributed by atoms with van der Waals surface area (Å²) in [4.78, 5) is 11.7. The lowest BCUT2D eigenvalue weighted by Crippen LogP contribution is -2.38. The Bertz CT molecular complexity index is 790.